The molecule has 17 heavy (non-hydrogen) atoms. The highest BCUT2D eigenvalue weighted by atomic mass is 32.2. The summed E-state index contributed by atoms with van der Waals surface area (Å²) < 4.78 is 11.2. The van der Waals surface area contributed by atoms with Crippen LogP contribution in [0.4, 0.5) is 0 Å². The van der Waals surface area contributed by atoms with Gasteiger partial charge in [0.1, 0.15) is 0 Å². The lowest BCUT2D eigenvalue weighted by atomic mass is 10.1. The number of aromatic hydroxyl groups is 2. The van der Waals surface area contributed by atoms with Gasteiger partial charge in [-0.15, -0.1) is 0 Å². The maximum Gasteiger partial charge on any atom is 0.257 e. The summed E-state index contributed by atoms with van der Waals surface area (Å²) in [5.74, 6) is -0.118. The van der Waals surface area contributed by atoms with Crippen molar-refractivity contribution >= 4 is 16.7 Å². The second-order valence-corrected chi connectivity index (χ2v) is 5.51. The first-order valence-electron chi connectivity index (χ1n) is 5.25. The zero-order valence-corrected chi connectivity index (χ0v) is 9.94. The van der Waals surface area contributed by atoms with Crippen molar-refractivity contribution in [3.05, 3.63) is 23.8 Å². The van der Waals surface area contributed by atoms with Gasteiger partial charge in [0.2, 0.25) is 0 Å². The molecule has 0 aliphatic carbocycles. The number of amides is 1. The van der Waals surface area contributed by atoms with E-state index in [0.717, 1.165) is 0 Å². The van der Waals surface area contributed by atoms with Gasteiger partial charge in [-0.3, -0.25) is 9.00 Å². The molecule has 92 valence electrons. The number of phenolic OH excluding ortho intramolecular Hbond substituents is 2. The van der Waals surface area contributed by atoms with E-state index in [1.165, 1.54) is 23.1 Å². The van der Waals surface area contributed by atoms with Crippen LogP contribution in [0.3, 0.4) is 0 Å². The Bertz CT molecular complexity index is 465. The van der Waals surface area contributed by atoms with Crippen molar-refractivity contribution in [1.82, 2.24) is 4.90 Å². The van der Waals surface area contributed by atoms with Gasteiger partial charge in [-0.05, 0) is 12.1 Å². The van der Waals surface area contributed by atoms with E-state index in [0.29, 0.717) is 24.6 Å². The number of rotatable bonds is 1. The van der Waals surface area contributed by atoms with Gasteiger partial charge in [0.25, 0.3) is 5.91 Å². The zero-order chi connectivity index (χ0) is 12.4. The summed E-state index contributed by atoms with van der Waals surface area (Å²) >= 11 is 0. The summed E-state index contributed by atoms with van der Waals surface area (Å²) in [4.78, 5) is 13.6. The van der Waals surface area contributed by atoms with Gasteiger partial charge < -0.3 is 15.1 Å². The summed E-state index contributed by atoms with van der Waals surface area (Å²) in [6.07, 6.45) is 0. The molecule has 2 rings (SSSR count). The molecule has 2 N–H and O–H groups in total. The third-order valence-corrected chi connectivity index (χ3v) is 3.99. The Morgan fingerprint density at radius 2 is 1.88 bits per heavy atom. The molecule has 0 saturated carbocycles. The van der Waals surface area contributed by atoms with Gasteiger partial charge in [-0.2, -0.15) is 0 Å². The summed E-state index contributed by atoms with van der Waals surface area (Å²) in [7, 11) is -0.849. The van der Waals surface area contributed by atoms with Crippen LogP contribution in [0.25, 0.3) is 0 Å². The quantitative estimate of drug-likeness (QED) is 0.708. The van der Waals surface area contributed by atoms with Gasteiger partial charge in [0.05, 0.1) is 5.56 Å². The first-order valence-corrected chi connectivity index (χ1v) is 6.73. The van der Waals surface area contributed by atoms with Crippen molar-refractivity contribution in [2.75, 3.05) is 24.6 Å². The number of carbonyl (C=O) groups is 1. The normalized spacial score (nSPS) is 17.1. The standard InChI is InChI=1S/C11H13NO4S/c13-9-3-1-2-8(10(9)14)11(15)12-4-6-17(16)7-5-12/h1-3,13-14H,4-7H2. The Hall–Kier alpha value is -1.56. The van der Waals surface area contributed by atoms with Crippen LogP contribution in [0.15, 0.2) is 18.2 Å². The van der Waals surface area contributed by atoms with Crippen LogP contribution < -0.4 is 0 Å². The van der Waals surface area contributed by atoms with Crippen LogP contribution in [0, 0.1) is 0 Å². The molecule has 0 atom stereocenters. The molecule has 0 unspecified atom stereocenters. The number of nitrogens with zero attached hydrogens (tertiary/aromatic N) is 1. The smallest absolute Gasteiger partial charge is 0.257 e. The monoisotopic (exact) mass is 255 g/mol. The lowest BCUT2D eigenvalue weighted by Crippen LogP contribution is -2.41. The Morgan fingerprint density at radius 1 is 1.24 bits per heavy atom. The van der Waals surface area contributed by atoms with Gasteiger partial charge in [0.15, 0.2) is 11.5 Å². The zero-order valence-electron chi connectivity index (χ0n) is 9.13. The predicted octanol–water partition coefficient (Wildman–Crippen LogP) is 0.302. The summed E-state index contributed by atoms with van der Waals surface area (Å²) in [6.45, 7) is 0.834. The third kappa shape index (κ3) is 2.41. The first-order chi connectivity index (χ1) is 8.09. The molecular formula is C11H13NO4S. The van der Waals surface area contributed by atoms with E-state index in [1.807, 2.05) is 0 Å². The van der Waals surface area contributed by atoms with Crippen LogP contribution in [-0.4, -0.2) is 49.8 Å². The highest BCUT2D eigenvalue weighted by molar-refractivity contribution is 7.85. The van der Waals surface area contributed by atoms with Crippen molar-refractivity contribution in [3.63, 3.8) is 0 Å². The lowest BCUT2D eigenvalue weighted by Gasteiger charge is -2.26. The summed E-state index contributed by atoms with van der Waals surface area (Å²) in [6, 6.07) is 4.28. The molecular weight excluding hydrogens is 242 g/mol. The van der Waals surface area contributed by atoms with Crippen LogP contribution in [0.2, 0.25) is 0 Å². The maximum atomic E-state index is 12.0. The predicted molar refractivity (Wildman–Crippen MR) is 63.6 cm³/mol. The highest BCUT2D eigenvalue weighted by Crippen LogP contribution is 2.29. The van der Waals surface area contributed by atoms with Crippen molar-refractivity contribution in [1.29, 1.82) is 0 Å². The van der Waals surface area contributed by atoms with Crippen LogP contribution in [0.1, 0.15) is 10.4 Å². The van der Waals surface area contributed by atoms with Crippen molar-refractivity contribution in [2.24, 2.45) is 0 Å². The van der Waals surface area contributed by atoms with Gasteiger partial charge in [0, 0.05) is 35.4 Å². The van der Waals surface area contributed by atoms with Gasteiger partial charge in [-0.25, -0.2) is 0 Å². The largest absolute Gasteiger partial charge is 0.504 e. The van der Waals surface area contributed by atoms with E-state index in [-0.39, 0.29) is 17.2 Å². The molecule has 1 amide bonds. The molecule has 1 saturated heterocycles. The number of phenols is 2. The summed E-state index contributed by atoms with van der Waals surface area (Å²) in [5, 5.41) is 18.9. The first kappa shape index (κ1) is 11.9. The third-order valence-electron chi connectivity index (χ3n) is 2.71. The van der Waals surface area contributed by atoms with E-state index in [9.17, 15) is 19.2 Å². The number of hydrogen-bond acceptors (Lipinski definition) is 4. The Morgan fingerprint density at radius 3 is 2.53 bits per heavy atom. The summed E-state index contributed by atoms with van der Waals surface area (Å²) in [5.41, 5.74) is 0.0812. The second kappa shape index (κ2) is 4.75. The molecule has 1 aromatic carbocycles. The fraction of sp³-hybridized carbons (Fsp3) is 0.364. The molecule has 1 fully saturated rings. The Balaban J connectivity index is 2.20. The second-order valence-electron chi connectivity index (χ2n) is 3.81. The molecule has 0 bridgehead atoms. The van der Waals surface area contributed by atoms with Gasteiger partial charge in [-0.1, -0.05) is 6.07 Å². The topological polar surface area (TPSA) is 77.8 Å². The van der Waals surface area contributed by atoms with E-state index >= 15 is 0 Å². The highest BCUT2D eigenvalue weighted by Gasteiger charge is 2.23. The van der Waals surface area contributed by atoms with Crippen LogP contribution >= 0.6 is 0 Å². The molecule has 1 heterocycles. The van der Waals surface area contributed by atoms with Crippen molar-refractivity contribution in [3.8, 4) is 11.5 Å². The molecule has 1 aliphatic rings. The molecule has 1 aromatic rings. The average molecular weight is 255 g/mol. The van der Waals surface area contributed by atoms with Crippen molar-refractivity contribution < 1.29 is 19.2 Å². The fourth-order valence-corrected chi connectivity index (χ4v) is 2.77. The van der Waals surface area contributed by atoms with Crippen LogP contribution in [0.5, 0.6) is 11.5 Å². The molecule has 0 radical (unpaired) electrons. The molecule has 1 aliphatic heterocycles. The lowest BCUT2D eigenvalue weighted by molar-refractivity contribution is 0.0767. The SMILES string of the molecule is O=C(c1cccc(O)c1O)N1CCS(=O)CC1. The minimum Gasteiger partial charge on any atom is -0.504 e. The molecule has 0 spiro atoms. The Kier molecular flexibility index (Phi) is 3.33. The Labute approximate surface area is 101 Å². The number of carbonyl (C=O) groups excluding carboxylic acids is 1. The number of hydrogen-bond donors (Lipinski definition) is 2. The molecule has 5 nitrogen and oxygen atoms in total. The van der Waals surface area contributed by atoms with Gasteiger partial charge >= 0.3 is 0 Å². The number of benzene rings is 1. The fourth-order valence-electron chi connectivity index (χ4n) is 1.72. The van der Waals surface area contributed by atoms with E-state index < -0.39 is 16.5 Å². The molecule has 6 heteroatoms. The van der Waals surface area contributed by atoms with E-state index in [2.05, 4.69) is 0 Å². The average Bonchev–Trinajstić information content (AvgIpc) is 2.33. The maximum absolute atomic E-state index is 12.0. The van der Waals surface area contributed by atoms with Crippen LogP contribution in [-0.2, 0) is 10.8 Å². The minimum absolute atomic E-state index is 0.0812. The van der Waals surface area contributed by atoms with E-state index in [1.54, 1.807) is 0 Å². The van der Waals surface area contributed by atoms with E-state index in [4.69, 9.17) is 0 Å². The van der Waals surface area contributed by atoms with Crippen molar-refractivity contribution in [2.45, 2.75) is 0 Å². The minimum atomic E-state index is -0.849. The number of para-hydroxylation sites is 1. The molecule has 0 aromatic heterocycles.